The number of hydrogen-bond acceptors (Lipinski definition) is 3. The minimum Gasteiger partial charge on any atom is -0.481 e. The van der Waals surface area contributed by atoms with Crippen molar-refractivity contribution in [3.8, 4) is 0 Å². The molecular formula is C26H40O4. The van der Waals surface area contributed by atoms with Crippen LogP contribution in [0, 0.1) is 46.3 Å². The monoisotopic (exact) mass is 416 g/mol. The fourth-order valence-electron chi connectivity index (χ4n) is 8.72. The second-order valence-corrected chi connectivity index (χ2v) is 11.5. The standard InChI is InChI=1S/C26H40O4/c1-5-17-21-14-16(27)10-12-26(21,4)20-11-13-25(3)18(15(2)6-9-22(28)29)7-8-19(25)23(20)24(17)30/h5,15-16,18-21,23,27H,6-14H2,1-4H3,(H,28,29)/b17-5+/t15-,16-,18-,19?,20?,21+,23+,25-,26-/m1/s1. The first kappa shape index (κ1) is 22.0. The van der Waals surface area contributed by atoms with Crippen LogP contribution in [0.4, 0.5) is 0 Å². The molecule has 2 N–H and O–H groups in total. The van der Waals surface area contributed by atoms with E-state index in [0.717, 1.165) is 56.9 Å². The molecule has 168 valence electrons. The zero-order valence-electron chi connectivity index (χ0n) is 19.2. The fourth-order valence-corrected chi connectivity index (χ4v) is 8.72. The highest BCUT2D eigenvalue weighted by Crippen LogP contribution is 2.68. The molecule has 0 bridgehead atoms. The number of hydrogen-bond donors (Lipinski definition) is 2. The van der Waals surface area contributed by atoms with Crippen molar-refractivity contribution in [3.05, 3.63) is 11.6 Å². The third-order valence-electron chi connectivity index (χ3n) is 10.3. The van der Waals surface area contributed by atoms with Crippen molar-refractivity contribution < 1.29 is 19.8 Å². The molecule has 4 fully saturated rings. The highest BCUT2D eigenvalue weighted by Gasteiger charge is 2.64. The number of allylic oxidation sites excluding steroid dienone is 2. The van der Waals surface area contributed by atoms with Crippen molar-refractivity contribution >= 4 is 11.8 Å². The van der Waals surface area contributed by atoms with Crippen molar-refractivity contribution in [2.75, 3.05) is 0 Å². The lowest BCUT2D eigenvalue weighted by Gasteiger charge is -2.61. The van der Waals surface area contributed by atoms with E-state index in [9.17, 15) is 14.7 Å². The summed E-state index contributed by atoms with van der Waals surface area (Å²) in [6, 6.07) is 0. The molecule has 0 aliphatic heterocycles. The number of fused-ring (bicyclic) bond motifs is 5. The Morgan fingerprint density at radius 2 is 1.80 bits per heavy atom. The van der Waals surface area contributed by atoms with Crippen molar-refractivity contribution in [1.29, 1.82) is 0 Å². The van der Waals surface area contributed by atoms with Gasteiger partial charge in [0.15, 0.2) is 5.78 Å². The molecule has 0 aromatic heterocycles. The molecule has 4 saturated carbocycles. The van der Waals surface area contributed by atoms with Gasteiger partial charge < -0.3 is 10.2 Å². The Morgan fingerprint density at radius 1 is 1.13 bits per heavy atom. The molecule has 0 aromatic rings. The number of aliphatic hydroxyl groups excluding tert-OH is 1. The summed E-state index contributed by atoms with van der Waals surface area (Å²) >= 11 is 0. The minimum absolute atomic E-state index is 0.114. The van der Waals surface area contributed by atoms with E-state index in [2.05, 4.69) is 20.8 Å². The lowest BCUT2D eigenvalue weighted by molar-refractivity contribution is -0.150. The van der Waals surface area contributed by atoms with Crippen molar-refractivity contribution in [2.24, 2.45) is 46.3 Å². The average Bonchev–Trinajstić information content (AvgIpc) is 3.05. The molecule has 4 heteroatoms. The number of aliphatic hydroxyl groups is 1. The summed E-state index contributed by atoms with van der Waals surface area (Å²) in [7, 11) is 0. The minimum atomic E-state index is -0.705. The Balaban J connectivity index is 1.64. The summed E-state index contributed by atoms with van der Waals surface area (Å²) < 4.78 is 0. The second kappa shape index (κ2) is 7.76. The van der Waals surface area contributed by atoms with E-state index < -0.39 is 5.97 Å². The number of Topliss-reactive ketones (excluding diaryl/α,β-unsaturated/α-hetero) is 1. The van der Waals surface area contributed by atoms with Gasteiger partial charge in [-0.25, -0.2) is 0 Å². The van der Waals surface area contributed by atoms with Crippen LogP contribution in [-0.2, 0) is 9.59 Å². The quantitative estimate of drug-likeness (QED) is 0.614. The molecule has 30 heavy (non-hydrogen) atoms. The van der Waals surface area contributed by atoms with Gasteiger partial charge >= 0.3 is 5.97 Å². The van der Waals surface area contributed by atoms with Gasteiger partial charge in [-0.1, -0.05) is 26.8 Å². The summed E-state index contributed by atoms with van der Waals surface area (Å²) in [5.41, 5.74) is 1.25. The van der Waals surface area contributed by atoms with Crippen molar-refractivity contribution in [1.82, 2.24) is 0 Å². The number of ketones is 1. The van der Waals surface area contributed by atoms with Gasteiger partial charge in [0, 0.05) is 12.3 Å². The first-order valence-electron chi connectivity index (χ1n) is 12.2. The highest BCUT2D eigenvalue weighted by molar-refractivity contribution is 5.99. The van der Waals surface area contributed by atoms with Gasteiger partial charge in [-0.3, -0.25) is 9.59 Å². The molecule has 4 aliphatic carbocycles. The predicted octanol–water partition coefficient (Wildman–Crippen LogP) is 5.24. The average molecular weight is 417 g/mol. The summed E-state index contributed by atoms with van der Waals surface area (Å²) in [6.07, 6.45) is 9.86. The second-order valence-electron chi connectivity index (χ2n) is 11.5. The molecule has 0 radical (unpaired) electrons. The Morgan fingerprint density at radius 3 is 2.47 bits per heavy atom. The van der Waals surface area contributed by atoms with Gasteiger partial charge in [-0.2, -0.15) is 0 Å². The Labute approximate surface area is 181 Å². The maximum atomic E-state index is 13.8. The Hall–Kier alpha value is -1.16. The van der Waals surface area contributed by atoms with Gasteiger partial charge in [-0.05, 0) is 104 Å². The van der Waals surface area contributed by atoms with Gasteiger partial charge in [0.2, 0.25) is 0 Å². The smallest absolute Gasteiger partial charge is 0.303 e. The lowest BCUT2D eigenvalue weighted by Crippen LogP contribution is -2.58. The highest BCUT2D eigenvalue weighted by atomic mass is 16.4. The Kier molecular flexibility index (Phi) is 5.70. The predicted molar refractivity (Wildman–Crippen MR) is 117 cm³/mol. The van der Waals surface area contributed by atoms with Crippen LogP contribution in [0.5, 0.6) is 0 Å². The normalized spacial score (nSPS) is 48.0. The zero-order chi connectivity index (χ0) is 21.8. The number of aliphatic carboxylic acids is 1. The number of carbonyl (C=O) groups excluding carboxylic acids is 1. The van der Waals surface area contributed by atoms with Crippen LogP contribution in [0.3, 0.4) is 0 Å². The summed E-state index contributed by atoms with van der Waals surface area (Å²) in [5, 5.41) is 19.5. The number of carbonyl (C=O) groups is 2. The molecule has 4 rings (SSSR count). The molecule has 0 spiro atoms. The maximum absolute atomic E-state index is 13.8. The number of rotatable bonds is 4. The molecular weight excluding hydrogens is 376 g/mol. The van der Waals surface area contributed by atoms with Gasteiger partial charge in [-0.15, -0.1) is 0 Å². The van der Waals surface area contributed by atoms with Crippen LogP contribution < -0.4 is 0 Å². The molecule has 0 saturated heterocycles. The first-order chi connectivity index (χ1) is 14.1. The van der Waals surface area contributed by atoms with Crippen molar-refractivity contribution in [3.63, 3.8) is 0 Å². The Bertz CT molecular complexity index is 741. The fraction of sp³-hybridized carbons (Fsp3) is 0.846. The lowest BCUT2D eigenvalue weighted by atomic mass is 9.43. The summed E-state index contributed by atoms with van der Waals surface area (Å²) in [5.74, 6) is 1.74. The first-order valence-corrected chi connectivity index (χ1v) is 12.2. The van der Waals surface area contributed by atoms with E-state index in [4.69, 9.17) is 5.11 Å². The topological polar surface area (TPSA) is 74.6 Å². The van der Waals surface area contributed by atoms with Gasteiger partial charge in [0.1, 0.15) is 0 Å². The molecule has 2 unspecified atom stereocenters. The van der Waals surface area contributed by atoms with Crippen LogP contribution in [0.15, 0.2) is 11.6 Å². The van der Waals surface area contributed by atoms with E-state index in [1.54, 1.807) is 0 Å². The van der Waals surface area contributed by atoms with Crippen LogP contribution in [-0.4, -0.2) is 28.1 Å². The molecule has 9 atom stereocenters. The third kappa shape index (κ3) is 3.20. The molecule has 4 aliphatic rings. The van der Waals surface area contributed by atoms with Crippen LogP contribution in [0.1, 0.15) is 85.5 Å². The zero-order valence-corrected chi connectivity index (χ0v) is 19.2. The molecule has 4 nitrogen and oxygen atoms in total. The largest absolute Gasteiger partial charge is 0.481 e. The summed E-state index contributed by atoms with van der Waals surface area (Å²) in [6.45, 7) is 9.04. The maximum Gasteiger partial charge on any atom is 0.303 e. The van der Waals surface area contributed by atoms with E-state index in [1.807, 2.05) is 13.0 Å². The summed E-state index contributed by atoms with van der Waals surface area (Å²) in [4.78, 5) is 24.9. The van der Waals surface area contributed by atoms with E-state index in [-0.39, 0.29) is 35.2 Å². The van der Waals surface area contributed by atoms with Crippen LogP contribution >= 0.6 is 0 Å². The van der Waals surface area contributed by atoms with Crippen LogP contribution in [0.25, 0.3) is 0 Å². The number of carboxylic acids is 1. The van der Waals surface area contributed by atoms with Crippen molar-refractivity contribution in [2.45, 2.75) is 91.6 Å². The van der Waals surface area contributed by atoms with E-state index in [1.165, 1.54) is 0 Å². The molecule has 0 aromatic carbocycles. The molecule has 0 amide bonds. The van der Waals surface area contributed by atoms with E-state index >= 15 is 0 Å². The van der Waals surface area contributed by atoms with Gasteiger partial charge in [0.05, 0.1) is 6.10 Å². The SMILES string of the molecule is C/C=C1/C(=O)[C@H]2C3CC[C@H]([C@H](C)CCC(=O)O)[C@@]3(C)CCC2[C@@]2(C)CC[C@@H](O)C[C@@H]12. The van der Waals surface area contributed by atoms with Gasteiger partial charge in [0.25, 0.3) is 0 Å². The number of carboxylic acid groups (broad SMARTS) is 1. The van der Waals surface area contributed by atoms with Crippen LogP contribution in [0.2, 0.25) is 0 Å². The van der Waals surface area contributed by atoms with E-state index in [0.29, 0.717) is 29.5 Å². The third-order valence-corrected chi connectivity index (χ3v) is 10.3. The molecule has 0 heterocycles.